The Morgan fingerprint density at radius 3 is 2.85 bits per heavy atom. The zero-order valence-electron chi connectivity index (χ0n) is 11.0. The second kappa shape index (κ2) is 6.27. The first-order valence-corrected chi connectivity index (χ1v) is 6.23. The molecule has 0 atom stereocenters. The summed E-state index contributed by atoms with van der Waals surface area (Å²) in [6, 6.07) is 4.65. The molecule has 1 aromatic heterocycles. The SMILES string of the molecule is CCCn1nc(C=O)cc1OCc1cc(F)ccc1F. The number of aldehydes is 1. The maximum Gasteiger partial charge on any atom is 0.212 e. The Bertz CT molecular complexity index is 611. The normalized spacial score (nSPS) is 10.6. The Morgan fingerprint density at radius 1 is 1.35 bits per heavy atom. The van der Waals surface area contributed by atoms with E-state index < -0.39 is 11.6 Å². The van der Waals surface area contributed by atoms with Crippen LogP contribution in [0, 0.1) is 11.6 Å². The fourth-order valence-electron chi connectivity index (χ4n) is 1.77. The minimum atomic E-state index is -0.538. The number of rotatable bonds is 6. The first-order valence-electron chi connectivity index (χ1n) is 6.23. The van der Waals surface area contributed by atoms with Crippen LogP contribution in [0.2, 0.25) is 0 Å². The van der Waals surface area contributed by atoms with Crippen LogP contribution in [-0.4, -0.2) is 16.1 Å². The summed E-state index contributed by atoms with van der Waals surface area (Å²) in [5.41, 5.74) is 0.357. The van der Waals surface area contributed by atoms with Gasteiger partial charge in [-0.05, 0) is 24.6 Å². The number of halogens is 2. The third-order valence-corrected chi connectivity index (χ3v) is 2.70. The second-order valence-corrected chi connectivity index (χ2v) is 4.27. The first-order chi connectivity index (χ1) is 9.63. The minimum Gasteiger partial charge on any atom is -0.473 e. The number of aryl methyl sites for hydroxylation is 1. The number of aromatic nitrogens is 2. The molecule has 0 saturated heterocycles. The Kier molecular flexibility index (Phi) is 4.45. The van der Waals surface area contributed by atoms with Crippen molar-refractivity contribution in [2.45, 2.75) is 26.5 Å². The summed E-state index contributed by atoms with van der Waals surface area (Å²) in [6.45, 7) is 2.41. The van der Waals surface area contributed by atoms with E-state index in [1.165, 1.54) is 10.7 Å². The first kappa shape index (κ1) is 14.2. The molecule has 2 aromatic rings. The summed E-state index contributed by atoms with van der Waals surface area (Å²) in [6.07, 6.45) is 1.42. The Morgan fingerprint density at radius 2 is 2.15 bits per heavy atom. The van der Waals surface area contributed by atoms with E-state index in [1.807, 2.05) is 6.92 Å². The van der Waals surface area contributed by atoms with Gasteiger partial charge in [-0.15, -0.1) is 0 Å². The van der Waals surface area contributed by atoms with Gasteiger partial charge in [0, 0.05) is 18.2 Å². The molecule has 0 radical (unpaired) electrons. The van der Waals surface area contributed by atoms with Gasteiger partial charge in [-0.3, -0.25) is 4.79 Å². The Labute approximate surface area is 115 Å². The van der Waals surface area contributed by atoms with E-state index in [0.717, 1.165) is 24.6 Å². The molecule has 0 saturated carbocycles. The molecule has 20 heavy (non-hydrogen) atoms. The van der Waals surface area contributed by atoms with E-state index in [2.05, 4.69) is 5.10 Å². The van der Waals surface area contributed by atoms with Gasteiger partial charge in [0.15, 0.2) is 6.29 Å². The highest BCUT2D eigenvalue weighted by Crippen LogP contribution is 2.17. The number of carbonyl (C=O) groups excluding carboxylic acids is 1. The quantitative estimate of drug-likeness (QED) is 0.764. The van der Waals surface area contributed by atoms with Crippen LogP contribution in [0.15, 0.2) is 24.3 Å². The van der Waals surface area contributed by atoms with Crippen molar-refractivity contribution in [3.63, 3.8) is 0 Å². The van der Waals surface area contributed by atoms with E-state index >= 15 is 0 Å². The van der Waals surface area contributed by atoms with Gasteiger partial charge in [-0.1, -0.05) is 6.92 Å². The van der Waals surface area contributed by atoms with Gasteiger partial charge < -0.3 is 4.74 Å². The second-order valence-electron chi connectivity index (χ2n) is 4.27. The van der Waals surface area contributed by atoms with Gasteiger partial charge in [0.05, 0.1) is 0 Å². The van der Waals surface area contributed by atoms with E-state index in [9.17, 15) is 13.6 Å². The van der Waals surface area contributed by atoms with Gasteiger partial charge >= 0.3 is 0 Å². The van der Waals surface area contributed by atoms with Crippen LogP contribution < -0.4 is 4.74 Å². The third kappa shape index (κ3) is 3.20. The summed E-state index contributed by atoms with van der Waals surface area (Å²) in [7, 11) is 0. The average molecular weight is 280 g/mol. The highest BCUT2D eigenvalue weighted by atomic mass is 19.1. The lowest BCUT2D eigenvalue weighted by atomic mass is 10.2. The molecule has 0 aliphatic carbocycles. The zero-order chi connectivity index (χ0) is 14.5. The van der Waals surface area contributed by atoms with Crippen LogP contribution in [0.25, 0.3) is 0 Å². The highest BCUT2D eigenvalue weighted by molar-refractivity contribution is 5.72. The smallest absolute Gasteiger partial charge is 0.212 e. The maximum absolute atomic E-state index is 13.5. The summed E-state index contributed by atoms with van der Waals surface area (Å²) in [5.74, 6) is -0.707. The van der Waals surface area contributed by atoms with Crippen molar-refractivity contribution < 1.29 is 18.3 Å². The van der Waals surface area contributed by atoms with Gasteiger partial charge in [0.25, 0.3) is 0 Å². The van der Waals surface area contributed by atoms with Gasteiger partial charge in [-0.2, -0.15) is 5.10 Å². The molecule has 0 N–H and O–H groups in total. The van der Waals surface area contributed by atoms with Crippen molar-refractivity contribution in [3.8, 4) is 5.88 Å². The molecule has 2 rings (SSSR count). The van der Waals surface area contributed by atoms with Gasteiger partial charge in [0.1, 0.15) is 23.9 Å². The predicted molar refractivity (Wildman–Crippen MR) is 68.6 cm³/mol. The molecular formula is C14H14F2N2O2. The van der Waals surface area contributed by atoms with Crippen LogP contribution in [0.5, 0.6) is 5.88 Å². The fourth-order valence-corrected chi connectivity index (χ4v) is 1.77. The van der Waals surface area contributed by atoms with Crippen LogP contribution in [0.1, 0.15) is 29.4 Å². The van der Waals surface area contributed by atoms with Crippen LogP contribution in [0.3, 0.4) is 0 Å². The van der Waals surface area contributed by atoms with Crippen molar-refractivity contribution in [2.24, 2.45) is 0 Å². The van der Waals surface area contributed by atoms with Gasteiger partial charge in [0.2, 0.25) is 5.88 Å². The summed E-state index contributed by atoms with van der Waals surface area (Å²) in [5, 5.41) is 4.03. The molecule has 0 spiro atoms. The lowest BCUT2D eigenvalue weighted by molar-refractivity contribution is 0.111. The Balaban J connectivity index is 2.15. The van der Waals surface area contributed by atoms with E-state index in [-0.39, 0.29) is 17.9 Å². The standard InChI is InChI=1S/C14H14F2N2O2/c1-2-5-18-14(7-12(8-19)17-18)20-9-10-6-11(15)3-4-13(10)16/h3-4,6-8H,2,5,9H2,1H3. The number of hydrogen-bond donors (Lipinski definition) is 0. The summed E-state index contributed by atoms with van der Waals surface area (Å²) < 4.78 is 33.5. The van der Waals surface area contributed by atoms with E-state index in [0.29, 0.717) is 18.7 Å². The molecular weight excluding hydrogens is 266 g/mol. The van der Waals surface area contributed by atoms with Crippen molar-refractivity contribution in [1.29, 1.82) is 0 Å². The average Bonchev–Trinajstić information content (AvgIpc) is 2.83. The topological polar surface area (TPSA) is 44.1 Å². The van der Waals surface area contributed by atoms with Gasteiger partial charge in [-0.25, -0.2) is 13.5 Å². The van der Waals surface area contributed by atoms with Crippen molar-refractivity contribution in [3.05, 3.63) is 47.2 Å². The lowest BCUT2D eigenvalue weighted by Gasteiger charge is -2.09. The molecule has 4 nitrogen and oxygen atoms in total. The van der Waals surface area contributed by atoms with Crippen LogP contribution in [-0.2, 0) is 13.2 Å². The largest absolute Gasteiger partial charge is 0.473 e. The zero-order valence-corrected chi connectivity index (χ0v) is 11.0. The monoisotopic (exact) mass is 280 g/mol. The Hall–Kier alpha value is -2.24. The summed E-state index contributed by atoms with van der Waals surface area (Å²) >= 11 is 0. The van der Waals surface area contributed by atoms with Crippen LogP contribution in [0.4, 0.5) is 8.78 Å². The van der Waals surface area contributed by atoms with Crippen molar-refractivity contribution in [2.75, 3.05) is 0 Å². The predicted octanol–water partition coefficient (Wildman–Crippen LogP) is 2.96. The molecule has 0 aliphatic rings. The molecule has 6 heteroatoms. The lowest BCUT2D eigenvalue weighted by Crippen LogP contribution is -2.06. The molecule has 106 valence electrons. The molecule has 0 bridgehead atoms. The third-order valence-electron chi connectivity index (χ3n) is 2.70. The van der Waals surface area contributed by atoms with Crippen molar-refractivity contribution in [1.82, 2.24) is 9.78 Å². The molecule has 0 amide bonds. The summed E-state index contributed by atoms with van der Waals surface area (Å²) in [4.78, 5) is 10.7. The number of nitrogens with zero attached hydrogens (tertiary/aromatic N) is 2. The van der Waals surface area contributed by atoms with Crippen molar-refractivity contribution >= 4 is 6.29 Å². The molecule has 1 heterocycles. The molecule has 0 unspecified atom stereocenters. The highest BCUT2D eigenvalue weighted by Gasteiger charge is 2.10. The number of hydrogen-bond acceptors (Lipinski definition) is 3. The number of benzene rings is 1. The van der Waals surface area contributed by atoms with Crippen LogP contribution >= 0.6 is 0 Å². The fraction of sp³-hybridized carbons (Fsp3) is 0.286. The maximum atomic E-state index is 13.5. The number of carbonyl (C=O) groups is 1. The van der Waals surface area contributed by atoms with E-state index in [1.54, 1.807) is 0 Å². The molecule has 0 fully saturated rings. The molecule has 1 aromatic carbocycles. The minimum absolute atomic E-state index is 0.113. The number of ether oxygens (including phenoxy) is 1. The molecule has 0 aliphatic heterocycles. The van der Waals surface area contributed by atoms with E-state index in [4.69, 9.17) is 4.74 Å².